The van der Waals surface area contributed by atoms with E-state index in [1.165, 1.54) is 5.56 Å². The summed E-state index contributed by atoms with van der Waals surface area (Å²) < 4.78 is 53.7. The van der Waals surface area contributed by atoms with Crippen LogP contribution in [0.25, 0.3) is 0 Å². The van der Waals surface area contributed by atoms with Crippen molar-refractivity contribution in [3.05, 3.63) is 65.2 Å². The van der Waals surface area contributed by atoms with E-state index < -0.39 is 32.6 Å². The van der Waals surface area contributed by atoms with Crippen LogP contribution in [0.2, 0.25) is 0 Å². The molecule has 0 saturated heterocycles. The number of benzene rings is 2. The highest BCUT2D eigenvalue weighted by molar-refractivity contribution is 7.89. The van der Waals surface area contributed by atoms with Crippen LogP contribution >= 0.6 is 0 Å². The van der Waals surface area contributed by atoms with Crippen molar-refractivity contribution in [2.45, 2.75) is 37.6 Å². The van der Waals surface area contributed by atoms with E-state index in [-0.39, 0.29) is 0 Å². The molecule has 0 aliphatic rings. The lowest BCUT2D eigenvalue weighted by molar-refractivity contribution is 0.538. The van der Waals surface area contributed by atoms with E-state index in [0.29, 0.717) is 6.07 Å². The molecule has 1 N–H and O–H groups in total. The smallest absolute Gasteiger partial charge is 0.207 e. The van der Waals surface area contributed by atoms with Gasteiger partial charge in [-0.2, -0.15) is 0 Å². The molecule has 2 rings (SSSR count). The molecule has 0 aliphatic carbocycles. The van der Waals surface area contributed by atoms with Crippen LogP contribution < -0.4 is 4.72 Å². The molecule has 1 unspecified atom stereocenters. The number of aryl methyl sites for hydroxylation is 1. The molecule has 2 aromatic carbocycles. The van der Waals surface area contributed by atoms with Gasteiger partial charge in [0.15, 0.2) is 0 Å². The van der Waals surface area contributed by atoms with Gasteiger partial charge in [-0.05, 0) is 42.7 Å². The van der Waals surface area contributed by atoms with Crippen LogP contribution in [-0.2, 0) is 16.4 Å². The summed E-state index contributed by atoms with van der Waals surface area (Å²) in [5.41, 5.74) is 1.92. The highest BCUT2D eigenvalue weighted by Gasteiger charge is 2.22. The fraction of sp³-hybridized carbons (Fsp3) is 0.294. The van der Waals surface area contributed by atoms with E-state index in [4.69, 9.17) is 0 Å². The van der Waals surface area contributed by atoms with E-state index in [2.05, 4.69) is 11.6 Å². The van der Waals surface area contributed by atoms with Gasteiger partial charge in [-0.15, -0.1) is 0 Å². The van der Waals surface area contributed by atoms with E-state index in [1.54, 1.807) is 6.92 Å². The zero-order valence-electron chi connectivity index (χ0n) is 13.0. The molecule has 0 saturated carbocycles. The molecule has 6 heteroatoms. The van der Waals surface area contributed by atoms with Crippen LogP contribution in [0.15, 0.2) is 47.4 Å². The average Bonchev–Trinajstić information content (AvgIpc) is 2.50. The maximum absolute atomic E-state index is 13.7. The van der Waals surface area contributed by atoms with Gasteiger partial charge in [0.25, 0.3) is 0 Å². The Morgan fingerprint density at radius 3 is 2.35 bits per heavy atom. The van der Waals surface area contributed by atoms with Crippen LogP contribution in [0.4, 0.5) is 8.78 Å². The van der Waals surface area contributed by atoms with E-state index in [1.807, 2.05) is 24.3 Å². The average molecular weight is 339 g/mol. The lowest BCUT2D eigenvalue weighted by Gasteiger charge is -2.15. The van der Waals surface area contributed by atoms with Crippen LogP contribution in [0.5, 0.6) is 0 Å². The van der Waals surface area contributed by atoms with Crippen LogP contribution in [0.1, 0.15) is 37.4 Å². The molecule has 0 heterocycles. The lowest BCUT2D eigenvalue weighted by Crippen LogP contribution is -2.27. The van der Waals surface area contributed by atoms with Crippen molar-refractivity contribution in [2.24, 2.45) is 0 Å². The van der Waals surface area contributed by atoms with Gasteiger partial charge in [0.05, 0.1) is 0 Å². The third-order valence-corrected chi connectivity index (χ3v) is 5.09. The summed E-state index contributed by atoms with van der Waals surface area (Å²) in [4.78, 5) is -0.688. The van der Waals surface area contributed by atoms with Gasteiger partial charge < -0.3 is 0 Å². The number of rotatable bonds is 6. The molecular weight excluding hydrogens is 320 g/mol. The molecule has 0 aromatic heterocycles. The van der Waals surface area contributed by atoms with E-state index >= 15 is 0 Å². The molecule has 2 aromatic rings. The Bertz CT molecular complexity index is 774. The third kappa shape index (κ3) is 4.36. The molecule has 124 valence electrons. The molecule has 0 bridgehead atoms. The van der Waals surface area contributed by atoms with Gasteiger partial charge >= 0.3 is 0 Å². The first-order valence-corrected chi connectivity index (χ1v) is 8.88. The Morgan fingerprint density at radius 1 is 1.09 bits per heavy atom. The molecule has 0 fully saturated rings. The maximum atomic E-state index is 13.7. The Morgan fingerprint density at radius 2 is 1.74 bits per heavy atom. The van der Waals surface area contributed by atoms with Crippen molar-refractivity contribution >= 4 is 10.0 Å². The first kappa shape index (κ1) is 17.6. The summed E-state index contributed by atoms with van der Waals surface area (Å²) in [5, 5.41) is 0. The topological polar surface area (TPSA) is 46.2 Å². The Hall–Kier alpha value is -1.79. The van der Waals surface area contributed by atoms with Crippen LogP contribution in [-0.4, -0.2) is 8.42 Å². The molecular formula is C17H19F2NO2S. The Balaban J connectivity index is 2.21. The van der Waals surface area contributed by atoms with Gasteiger partial charge in [0, 0.05) is 6.04 Å². The van der Waals surface area contributed by atoms with E-state index in [0.717, 1.165) is 30.5 Å². The van der Waals surface area contributed by atoms with Crippen molar-refractivity contribution in [1.29, 1.82) is 0 Å². The van der Waals surface area contributed by atoms with Gasteiger partial charge in [-0.3, -0.25) is 0 Å². The second-order valence-electron chi connectivity index (χ2n) is 5.41. The largest absolute Gasteiger partial charge is 0.244 e. The predicted molar refractivity (Wildman–Crippen MR) is 85.5 cm³/mol. The van der Waals surface area contributed by atoms with Crippen molar-refractivity contribution in [3.63, 3.8) is 0 Å². The highest BCUT2D eigenvalue weighted by Crippen LogP contribution is 2.20. The molecule has 23 heavy (non-hydrogen) atoms. The molecule has 0 radical (unpaired) electrons. The Labute approximate surface area is 135 Å². The Kier molecular flexibility index (Phi) is 5.49. The summed E-state index contributed by atoms with van der Waals surface area (Å²) >= 11 is 0. The first-order chi connectivity index (χ1) is 10.8. The number of hydrogen-bond donors (Lipinski definition) is 1. The SMILES string of the molecule is CCCc1ccc(C(C)NS(=O)(=O)c2cc(F)ccc2F)cc1. The standard InChI is InChI=1S/C17H19F2NO2S/c1-3-4-13-5-7-14(8-6-13)12(2)20-23(21,22)17-11-15(18)9-10-16(17)19/h5-12,20H,3-4H2,1-2H3. The van der Waals surface area contributed by atoms with E-state index in [9.17, 15) is 17.2 Å². The second kappa shape index (κ2) is 7.19. The monoisotopic (exact) mass is 339 g/mol. The summed E-state index contributed by atoms with van der Waals surface area (Å²) in [5.74, 6) is -1.78. The van der Waals surface area contributed by atoms with Crippen molar-refractivity contribution in [1.82, 2.24) is 4.72 Å². The van der Waals surface area contributed by atoms with Crippen LogP contribution in [0.3, 0.4) is 0 Å². The lowest BCUT2D eigenvalue weighted by atomic mass is 10.0. The van der Waals surface area contributed by atoms with Gasteiger partial charge in [0.1, 0.15) is 16.5 Å². The van der Waals surface area contributed by atoms with Gasteiger partial charge in [-0.25, -0.2) is 21.9 Å². The first-order valence-electron chi connectivity index (χ1n) is 7.39. The van der Waals surface area contributed by atoms with Crippen molar-refractivity contribution in [3.8, 4) is 0 Å². The quantitative estimate of drug-likeness (QED) is 0.866. The minimum Gasteiger partial charge on any atom is -0.207 e. The second-order valence-corrected chi connectivity index (χ2v) is 7.09. The molecule has 0 amide bonds. The third-order valence-electron chi connectivity index (χ3n) is 3.53. The fourth-order valence-corrected chi connectivity index (χ4v) is 3.63. The fourth-order valence-electron chi connectivity index (χ4n) is 2.31. The summed E-state index contributed by atoms with van der Waals surface area (Å²) in [6.45, 7) is 3.74. The zero-order valence-corrected chi connectivity index (χ0v) is 13.8. The van der Waals surface area contributed by atoms with Crippen LogP contribution in [0, 0.1) is 11.6 Å². The summed E-state index contributed by atoms with van der Waals surface area (Å²) in [7, 11) is -4.15. The zero-order chi connectivity index (χ0) is 17.0. The predicted octanol–water partition coefficient (Wildman–Crippen LogP) is 3.96. The summed E-state index contributed by atoms with van der Waals surface area (Å²) in [6, 6.07) is 9.34. The molecule has 1 atom stereocenters. The number of hydrogen-bond acceptors (Lipinski definition) is 2. The van der Waals surface area contributed by atoms with Gasteiger partial charge in [0.2, 0.25) is 10.0 Å². The normalized spacial score (nSPS) is 13.0. The van der Waals surface area contributed by atoms with Gasteiger partial charge in [-0.1, -0.05) is 37.6 Å². The molecule has 3 nitrogen and oxygen atoms in total. The van der Waals surface area contributed by atoms with Crippen molar-refractivity contribution in [2.75, 3.05) is 0 Å². The number of nitrogens with one attached hydrogen (secondary N) is 1. The van der Waals surface area contributed by atoms with Crippen molar-refractivity contribution < 1.29 is 17.2 Å². The maximum Gasteiger partial charge on any atom is 0.244 e. The molecule has 0 aliphatic heterocycles. The molecule has 0 spiro atoms. The number of sulfonamides is 1. The minimum atomic E-state index is -4.15. The highest BCUT2D eigenvalue weighted by atomic mass is 32.2. The minimum absolute atomic E-state index is 0.557. The number of halogens is 2. The summed E-state index contributed by atoms with van der Waals surface area (Å²) in [6.07, 6.45) is 1.98.